The van der Waals surface area contributed by atoms with Gasteiger partial charge in [-0.3, -0.25) is 0 Å². The number of esters is 1. The summed E-state index contributed by atoms with van der Waals surface area (Å²) in [5, 5.41) is 11.1. The summed E-state index contributed by atoms with van der Waals surface area (Å²) >= 11 is 0.190. The normalized spacial score (nSPS) is 10.5. The molecule has 0 unspecified atom stereocenters. The Morgan fingerprint density at radius 3 is 1.29 bits per heavy atom. The fourth-order valence-electron chi connectivity index (χ4n) is 5.87. The monoisotopic (exact) mass is 990 g/mol. The Hall–Kier alpha value is -5.98. The van der Waals surface area contributed by atoms with Crippen LogP contribution in [0.15, 0.2) is 133 Å². The molecule has 0 heterocycles. The molecule has 0 aliphatic heterocycles. The summed E-state index contributed by atoms with van der Waals surface area (Å²) in [6.45, 7) is 0.665. The van der Waals surface area contributed by atoms with E-state index in [4.69, 9.17) is 42.6 Å². The minimum absolute atomic E-state index is 0.00912. The maximum absolute atomic E-state index is 12.6. The molecule has 0 atom stereocenters. The summed E-state index contributed by atoms with van der Waals surface area (Å²) in [5.41, 5.74) is 4.01. The molecule has 330 valence electrons. The number of carboxylic acid groups (broad SMARTS) is 1. The number of rotatable bonds is 22. The van der Waals surface area contributed by atoms with E-state index in [-0.39, 0.29) is 54.8 Å². The van der Waals surface area contributed by atoms with Crippen LogP contribution in [0.5, 0.6) is 34.5 Å². The number of carbonyl (C=O) groups excluding carboxylic acids is 1. The van der Waals surface area contributed by atoms with Crippen LogP contribution in [0.25, 0.3) is 0 Å². The molecule has 0 spiro atoms. The van der Waals surface area contributed by atoms with Crippen molar-refractivity contribution in [3.63, 3.8) is 0 Å². The van der Waals surface area contributed by atoms with E-state index in [9.17, 15) is 14.7 Å². The second kappa shape index (κ2) is 25.8. The standard InChI is InChI=1S/C25H26O6Se.C24H24O6Se/c1-27-17-31-23-14-21(30-15-18-9-11-20(28-2)12-10-18)13-19(24(23)25(26)29-3)16-32-22-7-5-4-6-8-22;1-27-16-30-22-13-20(29-14-17-8-10-19(28-2)11-9-17)12-18(23(22)24(25)26)15-31-21-6-4-3-5-7-21/h4-14H,15-17H2,1-3H3;3-13H,14-16H2,1-2H3,(H,25,26). The third-order valence-electron chi connectivity index (χ3n) is 8.99. The van der Waals surface area contributed by atoms with Gasteiger partial charge < -0.3 is 0 Å². The second-order valence-corrected chi connectivity index (χ2v) is 17.7. The Morgan fingerprint density at radius 1 is 0.492 bits per heavy atom. The van der Waals surface area contributed by atoms with Gasteiger partial charge in [-0.15, -0.1) is 0 Å². The Kier molecular flexibility index (Phi) is 19.7. The molecule has 0 radical (unpaired) electrons. The zero-order chi connectivity index (χ0) is 44.8. The van der Waals surface area contributed by atoms with Crippen molar-refractivity contribution in [3.05, 3.63) is 167 Å². The predicted octanol–water partition coefficient (Wildman–Crippen LogP) is 7.06. The SMILES string of the molecule is COCOc1cc(OCc2ccc(OC)cc2)cc(C[Se]c2ccccc2)c1C(=O)O.COCOc1cc(OCc2ccc(OC)cc2)cc(C[Se]c2ccccc2)c1C(=O)OC. The first-order valence-corrected chi connectivity index (χ1v) is 23.6. The van der Waals surface area contributed by atoms with E-state index in [0.717, 1.165) is 28.2 Å². The van der Waals surface area contributed by atoms with Crippen molar-refractivity contribution in [2.24, 2.45) is 0 Å². The van der Waals surface area contributed by atoms with Crippen LogP contribution in [-0.4, -0.2) is 96.1 Å². The molecule has 0 saturated carbocycles. The van der Waals surface area contributed by atoms with Crippen LogP contribution in [0.4, 0.5) is 0 Å². The van der Waals surface area contributed by atoms with Gasteiger partial charge in [0.1, 0.15) is 0 Å². The van der Waals surface area contributed by atoms with E-state index in [0.29, 0.717) is 52.2 Å². The molecule has 6 rings (SSSR count). The van der Waals surface area contributed by atoms with E-state index in [2.05, 4.69) is 12.1 Å². The van der Waals surface area contributed by atoms with Crippen LogP contribution in [0.2, 0.25) is 0 Å². The molecule has 6 aromatic rings. The van der Waals surface area contributed by atoms with Crippen molar-refractivity contribution in [2.75, 3.05) is 49.1 Å². The number of methoxy groups -OCH3 is 5. The Morgan fingerprint density at radius 2 is 0.905 bits per heavy atom. The average Bonchev–Trinajstić information content (AvgIpc) is 3.33. The molecule has 0 aliphatic rings. The zero-order valence-electron chi connectivity index (χ0n) is 35.7. The van der Waals surface area contributed by atoms with E-state index >= 15 is 0 Å². The molecule has 12 nitrogen and oxygen atoms in total. The van der Waals surface area contributed by atoms with Crippen LogP contribution >= 0.6 is 0 Å². The average molecular weight is 989 g/mol. The number of benzene rings is 6. The molecule has 14 heteroatoms. The number of aromatic carboxylic acids is 1. The van der Waals surface area contributed by atoms with Gasteiger partial charge in [-0.05, 0) is 0 Å². The first-order chi connectivity index (χ1) is 30.7. The summed E-state index contributed by atoms with van der Waals surface area (Å²) < 4.78 is 51.2. The summed E-state index contributed by atoms with van der Waals surface area (Å²) in [7, 11) is 7.64. The van der Waals surface area contributed by atoms with Gasteiger partial charge in [-0.25, -0.2) is 0 Å². The van der Waals surface area contributed by atoms with E-state index in [1.165, 1.54) is 30.3 Å². The minimum atomic E-state index is -1.04. The fourth-order valence-corrected chi connectivity index (χ4v) is 9.64. The number of hydrogen-bond acceptors (Lipinski definition) is 11. The van der Waals surface area contributed by atoms with Crippen LogP contribution < -0.4 is 37.3 Å². The van der Waals surface area contributed by atoms with E-state index in [1.807, 2.05) is 103 Å². The van der Waals surface area contributed by atoms with Crippen molar-refractivity contribution in [1.29, 1.82) is 0 Å². The van der Waals surface area contributed by atoms with Gasteiger partial charge in [0.2, 0.25) is 0 Å². The Bertz CT molecular complexity index is 2320. The number of carboxylic acids is 1. The molecule has 0 aliphatic carbocycles. The van der Waals surface area contributed by atoms with Crippen molar-refractivity contribution >= 4 is 50.8 Å². The van der Waals surface area contributed by atoms with Gasteiger partial charge in [0.05, 0.1) is 0 Å². The van der Waals surface area contributed by atoms with Crippen LogP contribution in [0, 0.1) is 0 Å². The number of hydrogen-bond donors (Lipinski definition) is 1. The molecular weight excluding hydrogens is 938 g/mol. The Labute approximate surface area is 380 Å². The van der Waals surface area contributed by atoms with Crippen LogP contribution in [0.3, 0.4) is 0 Å². The first kappa shape index (κ1) is 48.1. The van der Waals surface area contributed by atoms with Crippen LogP contribution in [0.1, 0.15) is 43.0 Å². The molecule has 6 aromatic carbocycles. The molecule has 0 fully saturated rings. The van der Waals surface area contributed by atoms with Crippen molar-refractivity contribution < 1.29 is 57.3 Å². The van der Waals surface area contributed by atoms with E-state index < -0.39 is 11.9 Å². The molecule has 0 aromatic heterocycles. The molecular formula is C49H50O12Se2. The second-order valence-electron chi connectivity index (χ2n) is 13.3. The summed E-state index contributed by atoms with van der Waals surface area (Å²) in [6.07, 6.45) is 0. The molecule has 63 heavy (non-hydrogen) atoms. The third kappa shape index (κ3) is 15.1. The fraction of sp³-hybridized carbons (Fsp3) is 0.224. The third-order valence-corrected chi connectivity index (χ3v) is 13.4. The number of ether oxygens (including phenoxy) is 9. The quantitative estimate of drug-likeness (QED) is 0.0424. The zero-order valence-corrected chi connectivity index (χ0v) is 39.1. The van der Waals surface area contributed by atoms with Crippen LogP contribution in [-0.2, 0) is 38.1 Å². The molecule has 0 bridgehead atoms. The van der Waals surface area contributed by atoms with Crippen molar-refractivity contribution in [2.45, 2.75) is 23.9 Å². The molecule has 1 N–H and O–H groups in total. The van der Waals surface area contributed by atoms with Gasteiger partial charge in [-0.2, -0.15) is 0 Å². The van der Waals surface area contributed by atoms with Gasteiger partial charge in [0.15, 0.2) is 0 Å². The maximum atomic E-state index is 12.6. The van der Waals surface area contributed by atoms with Gasteiger partial charge in [0, 0.05) is 0 Å². The summed E-state index contributed by atoms with van der Waals surface area (Å²) in [4.78, 5) is 24.6. The summed E-state index contributed by atoms with van der Waals surface area (Å²) in [6, 6.07) is 42.5. The van der Waals surface area contributed by atoms with Crippen molar-refractivity contribution in [3.8, 4) is 34.5 Å². The molecule has 0 amide bonds. The topological polar surface area (TPSA) is 137 Å². The number of carbonyl (C=O) groups is 2. The predicted molar refractivity (Wildman–Crippen MR) is 242 cm³/mol. The van der Waals surface area contributed by atoms with Gasteiger partial charge in [0.25, 0.3) is 0 Å². The Balaban J connectivity index is 0.000000238. The van der Waals surface area contributed by atoms with Gasteiger partial charge >= 0.3 is 382 Å². The van der Waals surface area contributed by atoms with Crippen molar-refractivity contribution in [1.82, 2.24) is 0 Å². The summed E-state index contributed by atoms with van der Waals surface area (Å²) in [5.74, 6) is 1.85. The first-order valence-electron chi connectivity index (χ1n) is 19.5. The van der Waals surface area contributed by atoms with E-state index in [1.54, 1.807) is 32.4 Å². The molecule has 0 saturated heterocycles. The van der Waals surface area contributed by atoms with Gasteiger partial charge in [-0.1, -0.05) is 0 Å².